The van der Waals surface area contributed by atoms with Crippen LogP contribution in [-0.2, 0) is 18.0 Å². The first kappa shape index (κ1) is 29.0. The van der Waals surface area contributed by atoms with E-state index in [1.54, 1.807) is 42.5 Å². The molecule has 0 fully saturated rings. The number of nitriles is 1. The molecule has 0 radical (unpaired) electrons. The number of aryl methyl sites for hydroxylation is 1. The van der Waals surface area contributed by atoms with Gasteiger partial charge in [-0.25, -0.2) is 0 Å². The van der Waals surface area contributed by atoms with E-state index in [0.29, 0.717) is 48.3 Å². The smallest absolute Gasteiger partial charge is 0.266 e. The van der Waals surface area contributed by atoms with Crippen molar-refractivity contribution in [2.75, 3.05) is 11.9 Å². The minimum atomic E-state index is -0.509. The summed E-state index contributed by atoms with van der Waals surface area (Å²) >= 11 is 0. The number of nitrogens with one attached hydrogen (secondary N) is 1. The summed E-state index contributed by atoms with van der Waals surface area (Å²) in [5.41, 5.74) is 4.50. The fourth-order valence-corrected chi connectivity index (χ4v) is 4.68. The molecule has 0 spiro atoms. The van der Waals surface area contributed by atoms with Crippen molar-refractivity contribution < 1.29 is 19.0 Å². The Bertz CT molecular complexity index is 1790. The maximum atomic E-state index is 12.9. The van der Waals surface area contributed by atoms with Crippen LogP contribution in [0.5, 0.6) is 17.2 Å². The molecule has 5 rings (SSSR count). The molecule has 5 aromatic rings. The molecule has 0 saturated carbocycles. The Kier molecular flexibility index (Phi) is 9.35. The van der Waals surface area contributed by atoms with E-state index in [0.717, 1.165) is 27.5 Å². The molecular formula is C37H32N2O4. The molecule has 6 nitrogen and oxygen atoms in total. The van der Waals surface area contributed by atoms with Gasteiger partial charge < -0.3 is 19.5 Å². The van der Waals surface area contributed by atoms with Gasteiger partial charge in [0.25, 0.3) is 5.91 Å². The molecule has 0 aliphatic rings. The molecule has 6 heteroatoms. The summed E-state index contributed by atoms with van der Waals surface area (Å²) in [7, 11) is 0. The molecule has 1 N–H and O–H groups in total. The Morgan fingerprint density at radius 3 is 2.35 bits per heavy atom. The number of hydrogen-bond donors (Lipinski definition) is 1. The molecule has 0 unspecified atom stereocenters. The van der Waals surface area contributed by atoms with Gasteiger partial charge in [-0.05, 0) is 83.8 Å². The second kappa shape index (κ2) is 13.9. The van der Waals surface area contributed by atoms with E-state index in [1.807, 2.05) is 55.5 Å². The Hall–Kier alpha value is -5.54. The third-order valence-corrected chi connectivity index (χ3v) is 6.95. The summed E-state index contributed by atoms with van der Waals surface area (Å²) in [5.74, 6) is 1.30. The van der Waals surface area contributed by atoms with Crippen molar-refractivity contribution in [3.8, 4) is 23.3 Å². The number of nitrogens with zero attached hydrogens (tertiary/aromatic N) is 1. The fourth-order valence-electron chi connectivity index (χ4n) is 4.68. The van der Waals surface area contributed by atoms with Crippen LogP contribution in [0.4, 0.5) is 5.69 Å². The number of fused-ring (bicyclic) bond motifs is 1. The molecule has 0 atom stereocenters. The zero-order valence-corrected chi connectivity index (χ0v) is 24.2. The van der Waals surface area contributed by atoms with Crippen LogP contribution in [0, 0.1) is 18.3 Å². The summed E-state index contributed by atoms with van der Waals surface area (Å²) in [6.45, 7) is 5.24. The molecule has 0 heterocycles. The van der Waals surface area contributed by atoms with Crippen molar-refractivity contribution >= 4 is 28.4 Å². The predicted molar refractivity (Wildman–Crippen MR) is 170 cm³/mol. The van der Waals surface area contributed by atoms with Crippen LogP contribution < -0.4 is 19.5 Å². The molecule has 0 aliphatic carbocycles. The lowest BCUT2D eigenvalue weighted by Gasteiger charge is -2.15. The van der Waals surface area contributed by atoms with Gasteiger partial charge in [0.15, 0.2) is 11.5 Å². The molecule has 1 amide bonds. The SMILES string of the molecule is CCOc1cc(/C=C(\C#N)C(=O)Nc2ccc(OCc3ccccc3)cc2)ccc1OCc1c(C)ccc2ccccc12. The van der Waals surface area contributed by atoms with Gasteiger partial charge in [0.05, 0.1) is 6.61 Å². The highest BCUT2D eigenvalue weighted by Crippen LogP contribution is 2.32. The number of ether oxygens (including phenoxy) is 3. The van der Waals surface area contributed by atoms with E-state index < -0.39 is 5.91 Å². The highest BCUT2D eigenvalue weighted by atomic mass is 16.5. The van der Waals surface area contributed by atoms with Crippen LogP contribution in [-0.4, -0.2) is 12.5 Å². The second-order valence-electron chi connectivity index (χ2n) is 9.93. The molecule has 214 valence electrons. The van der Waals surface area contributed by atoms with Gasteiger partial charge in [0.1, 0.15) is 30.6 Å². The molecule has 0 bridgehead atoms. The monoisotopic (exact) mass is 568 g/mol. The number of anilines is 1. The van der Waals surface area contributed by atoms with Crippen molar-refractivity contribution in [2.24, 2.45) is 0 Å². The number of amides is 1. The Morgan fingerprint density at radius 2 is 1.58 bits per heavy atom. The minimum absolute atomic E-state index is 0.0353. The Morgan fingerprint density at radius 1 is 0.814 bits per heavy atom. The molecular weight excluding hydrogens is 536 g/mol. The Labute approximate surface area is 251 Å². The van der Waals surface area contributed by atoms with E-state index in [1.165, 1.54) is 6.08 Å². The van der Waals surface area contributed by atoms with Gasteiger partial charge in [-0.15, -0.1) is 0 Å². The van der Waals surface area contributed by atoms with E-state index >= 15 is 0 Å². The summed E-state index contributed by atoms with van der Waals surface area (Å²) in [4.78, 5) is 12.9. The predicted octanol–water partition coefficient (Wildman–Crippen LogP) is 8.25. The largest absolute Gasteiger partial charge is 0.490 e. The number of carbonyl (C=O) groups excluding carboxylic acids is 1. The van der Waals surface area contributed by atoms with E-state index in [2.05, 4.69) is 36.5 Å². The van der Waals surface area contributed by atoms with Crippen LogP contribution >= 0.6 is 0 Å². The van der Waals surface area contributed by atoms with Crippen LogP contribution in [0.25, 0.3) is 16.8 Å². The van der Waals surface area contributed by atoms with E-state index in [-0.39, 0.29) is 5.57 Å². The summed E-state index contributed by atoms with van der Waals surface area (Å²) in [5, 5.41) is 14.8. The third-order valence-electron chi connectivity index (χ3n) is 6.95. The van der Waals surface area contributed by atoms with Crippen molar-refractivity contribution in [3.05, 3.63) is 137 Å². The normalized spacial score (nSPS) is 11.0. The van der Waals surface area contributed by atoms with Crippen molar-refractivity contribution in [3.63, 3.8) is 0 Å². The van der Waals surface area contributed by atoms with Crippen molar-refractivity contribution in [1.29, 1.82) is 5.26 Å². The maximum absolute atomic E-state index is 12.9. The molecule has 0 saturated heterocycles. The van der Waals surface area contributed by atoms with Crippen molar-refractivity contribution in [1.82, 2.24) is 0 Å². The topological polar surface area (TPSA) is 80.6 Å². The first-order chi connectivity index (χ1) is 21.0. The number of carbonyl (C=O) groups is 1. The van der Waals surface area contributed by atoms with E-state index in [9.17, 15) is 10.1 Å². The average Bonchev–Trinajstić information content (AvgIpc) is 3.04. The number of benzene rings is 5. The lowest BCUT2D eigenvalue weighted by Crippen LogP contribution is -2.13. The molecule has 0 aromatic heterocycles. The summed E-state index contributed by atoms with van der Waals surface area (Å²) < 4.78 is 17.9. The fraction of sp³-hybridized carbons (Fsp3) is 0.135. The van der Waals surface area contributed by atoms with Crippen LogP contribution in [0.2, 0.25) is 0 Å². The maximum Gasteiger partial charge on any atom is 0.266 e. The zero-order chi connectivity index (χ0) is 30.0. The highest BCUT2D eigenvalue weighted by Gasteiger charge is 2.13. The molecule has 43 heavy (non-hydrogen) atoms. The highest BCUT2D eigenvalue weighted by molar-refractivity contribution is 6.09. The first-order valence-corrected chi connectivity index (χ1v) is 14.1. The first-order valence-electron chi connectivity index (χ1n) is 14.1. The zero-order valence-electron chi connectivity index (χ0n) is 24.2. The van der Waals surface area contributed by atoms with Gasteiger partial charge in [0.2, 0.25) is 0 Å². The standard InChI is InChI=1S/C37H32N2O4/c1-3-41-36-22-28(14-20-35(36)43-25-34-26(2)13-15-29-11-7-8-12-33(29)34)21-30(23-38)37(40)39-31-16-18-32(19-17-31)42-24-27-9-5-4-6-10-27/h4-22H,3,24-25H2,1-2H3,(H,39,40)/b30-21+. The van der Waals surface area contributed by atoms with Crippen LogP contribution in [0.1, 0.15) is 29.2 Å². The van der Waals surface area contributed by atoms with Crippen molar-refractivity contribution in [2.45, 2.75) is 27.1 Å². The lowest BCUT2D eigenvalue weighted by atomic mass is 10.0. The van der Waals surface area contributed by atoms with Gasteiger partial charge >= 0.3 is 0 Å². The average molecular weight is 569 g/mol. The quantitative estimate of drug-likeness (QED) is 0.128. The van der Waals surface area contributed by atoms with Gasteiger partial charge in [-0.3, -0.25) is 4.79 Å². The summed E-state index contributed by atoms with van der Waals surface area (Å²) in [6.07, 6.45) is 1.54. The molecule has 5 aromatic carbocycles. The number of rotatable bonds is 11. The van der Waals surface area contributed by atoms with Gasteiger partial charge in [-0.2, -0.15) is 5.26 Å². The second-order valence-corrected chi connectivity index (χ2v) is 9.93. The van der Waals surface area contributed by atoms with E-state index in [4.69, 9.17) is 14.2 Å². The Balaban J connectivity index is 1.26. The van der Waals surface area contributed by atoms with Gasteiger partial charge in [-0.1, -0.05) is 72.8 Å². The minimum Gasteiger partial charge on any atom is -0.490 e. The molecule has 0 aliphatic heterocycles. The van der Waals surface area contributed by atoms with Crippen LogP contribution in [0.3, 0.4) is 0 Å². The van der Waals surface area contributed by atoms with Crippen LogP contribution in [0.15, 0.2) is 115 Å². The lowest BCUT2D eigenvalue weighted by molar-refractivity contribution is -0.112. The van der Waals surface area contributed by atoms with Gasteiger partial charge in [0, 0.05) is 11.3 Å². The number of hydrogen-bond acceptors (Lipinski definition) is 5. The summed E-state index contributed by atoms with van der Waals surface area (Å²) in [6, 6.07) is 36.8. The third kappa shape index (κ3) is 7.41.